The molecule has 2 aromatic heterocycles. The zero-order valence-corrected chi connectivity index (χ0v) is 23.7. The summed E-state index contributed by atoms with van der Waals surface area (Å²) in [6.07, 6.45) is 1.62. The second-order valence-electron chi connectivity index (χ2n) is 8.96. The SMILES string of the molecule is C=CC[n+]1c(N)cc(N)nc1SCC1(C(=O)O)CS[C@@H]2C(NC(=O)C(=NOCC(=O)O)c3csc(N)n3)C(=O)N2C1. The van der Waals surface area contributed by atoms with Gasteiger partial charge < -0.3 is 42.5 Å². The molecule has 4 heterocycles. The van der Waals surface area contributed by atoms with Crippen LogP contribution in [0.2, 0.25) is 0 Å². The van der Waals surface area contributed by atoms with Crippen molar-refractivity contribution in [1.82, 2.24) is 20.2 Å². The number of carbonyl (C=O) groups excluding carboxylic acids is 2. The summed E-state index contributed by atoms with van der Waals surface area (Å²) in [7, 11) is 0. The highest BCUT2D eigenvalue weighted by Gasteiger charge is 2.57. The van der Waals surface area contributed by atoms with E-state index >= 15 is 0 Å². The van der Waals surface area contributed by atoms with Crippen molar-refractivity contribution in [2.45, 2.75) is 23.1 Å². The summed E-state index contributed by atoms with van der Waals surface area (Å²) in [6, 6.07) is 0.518. The van der Waals surface area contributed by atoms with Gasteiger partial charge in [-0.3, -0.25) is 14.4 Å². The highest BCUT2D eigenvalue weighted by atomic mass is 32.2. The zero-order valence-electron chi connectivity index (χ0n) is 21.3. The summed E-state index contributed by atoms with van der Waals surface area (Å²) < 4.78 is 1.65. The molecule has 2 unspecified atom stereocenters. The van der Waals surface area contributed by atoms with Crippen molar-refractivity contribution < 1.29 is 38.8 Å². The van der Waals surface area contributed by atoms with Crippen LogP contribution < -0.4 is 27.1 Å². The molecule has 0 radical (unpaired) electrons. The number of allylic oxidation sites excluding steroid dienone is 1. The number of thioether (sulfide) groups is 2. The average molecular weight is 625 g/mol. The van der Waals surface area contributed by atoms with Crippen LogP contribution in [0.4, 0.5) is 16.8 Å². The van der Waals surface area contributed by atoms with Crippen LogP contribution in [0.1, 0.15) is 5.69 Å². The molecule has 19 heteroatoms. The third-order valence-corrected chi connectivity index (χ3v) is 9.59. The lowest BCUT2D eigenvalue weighted by molar-refractivity contribution is -0.713. The first-order chi connectivity index (χ1) is 19.5. The molecule has 0 spiro atoms. The van der Waals surface area contributed by atoms with Crippen molar-refractivity contribution >= 4 is 81.1 Å². The number of oxime groups is 1. The van der Waals surface area contributed by atoms with Crippen LogP contribution in [0.5, 0.6) is 0 Å². The maximum Gasteiger partial charge on any atom is 0.344 e. The minimum absolute atomic E-state index is 0.0433. The van der Waals surface area contributed by atoms with Gasteiger partial charge in [0.2, 0.25) is 24.1 Å². The number of carbonyl (C=O) groups is 4. The second kappa shape index (κ2) is 12.2. The minimum atomic E-state index is -1.32. The summed E-state index contributed by atoms with van der Waals surface area (Å²) in [5, 5.41) is 26.6. The van der Waals surface area contributed by atoms with Gasteiger partial charge in [-0.1, -0.05) is 34.6 Å². The Morgan fingerprint density at radius 2 is 2.10 bits per heavy atom. The highest BCUT2D eigenvalue weighted by molar-refractivity contribution is 8.00. The van der Waals surface area contributed by atoms with E-state index in [4.69, 9.17) is 27.1 Å². The molecule has 3 atom stereocenters. The summed E-state index contributed by atoms with van der Waals surface area (Å²) in [4.78, 5) is 63.7. The predicted molar refractivity (Wildman–Crippen MR) is 151 cm³/mol. The van der Waals surface area contributed by atoms with E-state index in [1.54, 1.807) is 10.6 Å². The number of carboxylic acids is 2. The minimum Gasteiger partial charge on any atom is -0.481 e. The summed E-state index contributed by atoms with van der Waals surface area (Å²) in [5.74, 6) is -2.98. The normalized spacial score (nSPS) is 21.9. The third-order valence-electron chi connectivity index (χ3n) is 6.06. The number of nitrogens with two attached hydrogens (primary N) is 3. The van der Waals surface area contributed by atoms with E-state index in [0.717, 1.165) is 23.1 Å². The Balaban J connectivity index is 1.46. The van der Waals surface area contributed by atoms with Crippen molar-refractivity contribution in [3.63, 3.8) is 0 Å². The number of nitrogens with one attached hydrogen (secondary N) is 1. The summed E-state index contributed by atoms with van der Waals surface area (Å²) >= 11 is 3.40. The van der Waals surface area contributed by atoms with E-state index in [-0.39, 0.29) is 40.4 Å². The van der Waals surface area contributed by atoms with Crippen molar-refractivity contribution in [1.29, 1.82) is 0 Å². The Morgan fingerprint density at radius 3 is 2.73 bits per heavy atom. The lowest BCUT2D eigenvalue weighted by Crippen LogP contribution is -2.74. The number of carboxylic acid groups (broad SMARTS) is 2. The summed E-state index contributed by atoms with van der Waals surface area (Å²) in [6.45, 7) is 3.15. The smallest absolute Gasteiger partial charge is 0.344 e. The lowest BCUT2D eigenvalue weighted by Gasteiger charge is -2.53. The Bertz CT molecular complexity index is 1440. The van der Waals surface area contributed by atoms with Crippen molar-refractivity contribution in [3.8, 4) is 0 Å². The quantitative estimate of drug-likeness (QED) is 0.0309. The number of amides is 2. The fourth-order valence-corrected chi connectivity index (χ4v) is 7.48. The van der Waals surface area contributed by atoms with Gasteiger partial charge in [-0.25, -0.2) is 14.3 Å². The number of hydrogen-bond donors (Lipinski definition) is 6. The van der Waals surface area contributed by atoms with E-state index in [1.165, 1.54) is 28.1 Å². The summed E-state index contributed by atoms with van der Waals surface area (Å²) in [5.41, 5.74) is 15.9. The molecule has 16 nitrogen and oxygen atoms in total. The standard InChI is InChI=1S/C22H25N9O7S3/c1-2-3-30-12(24)4-11(23)27-21(30)41-9-22(19(36)37)7-31-17(35)15(18(31)40-8-22)28-16(34)14(29-38-5-13(32)33)10-6-39-20(25)26-10/h2,4,6,15,18H,1,3,5,7-9H2,(H8,23,24,25,26,28,32,33,34,36,37)/p+1/t15?,18-,22?/m1/s1. The number of hydrogen-bond acceptors (Lipinski definition) is 14. The molecule has 0 aliphatic carbocycles. The topological polar surface area (TPSA) is 253 Å². The van der Waals surface area contributed by atoms with Crippen LogP contribution in [0, 0.1) is 5.41 Å². The Hall–Kier alpha value is -4.10. The maximum absolute atomic E-state index is 13.1. The number of aromatic nitrogens is 3. The number of β-lactam (4-membered cyclic amide) rings is 1. The molecule has 0 saturated carbocycles. The van der Waals surface area contributed by atoms with E-state index < -0.39 is 47.2 Å². The van der Waals surface area contributed by atoms with Gasteiger partial charge in [-0.05, 0) is 0 Å². The average Bonchev–Trinajstić information content (AvgIpc) is 3.35. The van der Waals surface area contributed by atoms with E-state index in [0.29, 0.717) is 17.5 Å². The molecule has 218 valence electrons. The van der Waals surface area contributed by atoms with Crippen molar-refractivity contribution in [3.05, 3.63) is 29.8 Å². The van der Waals surface area contributed by atoms with Gasteiger partial charge in [0.15, 0.2) is 10.8 Å². The second-order valence-corrected chi connectivity index (χ2v) is 11.9. The molecule has 2 aromatic rings. The molecule has 2 saturated heterocycles. The lowest BCUT2D eigenvalue weighted by atomic mass is 9.89. The molecular formula is C22H26N9O7S3+. The number of thiazole rings is 1. The van der Waals surface area contributed by atoms with Gasteiger partial charge in [0.05, 0.1) is 12.6 Å². The molecular weight excluding hydrogens is 598 g/mol. The molecule has 4 rings (SSSR count). The van der Waals surface area contributed by atoms with Crippen molar-refractivity contribution in [2.75, 3.05) is 41.9 Å². The number of anilines is 3. The van der Waals surface area contributed by atoms with Crippen LogP contribution in [0.15, 0.2) is 34.4 Å². The van der Waals surface area contributed by atoms with E-state index in [9.17, 15) is 24.3 Å². The van der Waals surface area contributed by atoms with Crippen LogP contribution in [-0.4, -0.2) is 90.6 Å². The zero-order chi connectivity index (χ0) is 29.9. The maximum atomic E-state index is 13.1. The molecule has 2 fully saturated rings. The van der Waals surface area contributed by atoms with E-state index in [2.05, 4.69) is 27.0 Å². The number of aliphatic carboxylic acids is 2. The van der Waals surface area contributed by atoms with E-state index in [1.807, 2.05) is 0 Å². The Morgan fingerprint density at radius 1 is 1.34 bits per heavy atom. The van der Waals surface area contributed by atoms with Gasteiger partial charge in [-0.15, -0.1) is 23.1 Å². The highest BCUT2D eigenvalue weighted by Crippen LogP contribution is 2.44. The van der Waals surface area contributed by atoms with Crippen molar-refractivity contribution in [2.24, 2.45) is 10.6 Å². The number of fused-ring (bicyclic) bond motifs is 1. The molecule has 0 bridgehead atoms. The third kappa shape index (κ3) is 6.30. The van der Waals surface area contributed by atoms with Crippen LogP contribution in [0.25, 0.3) is 0 Å². The number of nitrogens with zero attached hydrogens (tertiary/aromatic N) is 5. The molecule has 41 heavy (non-hydrogen) atoms. The van der Waals surface area contributed by atoms with Gasteiger partial charge in [0.25, 0.3) is 5.91 Å². The molecule has 2 amide bonds. The first-order valence-corrected chi connectivity index (χ1v) is 14.7. The molecule has 0 aromatic carbocycles. The first kappa shape index (κ1) is 29.9. The monoisotopic (exact) mass is 624 g/mol. The first-order valence-electron chi connectivity index (χ1n) is 11.7. The largest absolute Gasteiger partial charge is 0.481 e. The fraction of sp³-hybridized carbons (Fsp3) is 0.364. The predicted octanol–water partition coefficient (Wildman–Crippen LogP) is -1.17. The Labute approximate surface area is 245 Å². The number of rotatable bonds is 12. The van der Waals surface area contributed by atoms with Crippen LogP contribution >= 0.6 is 34.9 Å². The fourth-order valence-electron chi connectivity index (χ4n) is 4.04. The van der Waals surface area contributed by atoms with Gasteiger partial charge in [-0.2, -0.15) is 0 Å². The van der Waals surface area contributed by atoms with Gasteiger partial charge in [0.1, 0.15) is 22.5 Å². The Kier molecular flexibility index (Phi) is 8.88. The van der Waals surface area contributed by atoms with Gasteiger partial charge >= 0.3 is 17.1 Å². The number of nitrogen functional groups attached to an aromatic ring is 3. The van der Waals surface area contributed by atoms with Crippen LogP contribution in [-0.2, 0) is 30.6 Å². The van der Waals surface area contributed by atoms with Gasteiger partial charge in [0, 0.05) is 23.4 Å². The molecule has 2 aliphatic heterocycles. The van der Waals surface area contributed by atoms with Crippen LogP contribution in [0.3, 0.4) is 0 Å². The molecule has 2 aliphatic rings. The molecule has 9 N–H and O–H groups in total.